The van der Waals surface area contributed by atoms with Gasteiger partial charge < -0.3 is 9.79 Å². The van der Waals surface area contributed by atoms with Gasteiger partial charge in [0.25, 0.3) is 0 Å². The maximum atomic E-state index is 10.5. The number of benzene rings is 2. The molecule has 0 radical (unpaired) electrons. The van der Waals surface area contributed by atoms with Crippen LogP contribution in [0.5, 0.6) is 0 Å². The molecule has 0 aliphatic carbocycles. The summed E-state index contributed by atoms with van der Waals surface area (Å²) in [4.78, 5) is 17.1. The predicted octanol–water partition coefficient (Wildman–Crippen LogP) is 3.18. The van der Waals surface area contributed by atoms with E-state index in [0.717, 1.165) is 5.75 Å². The van der Waals surface area contributed by atoms with Crippen LogP contribution in [0.15, 0.2) is 42.5 Å². The molecule has 4 nitrogen and oxygen atoms in total. The molecule has 0 unspecified atom stereocenters. The average Bonchev–Trinajstić information content (AvgIpc) is 2.37. The largest absolute Gasteiger partial charge is 0.469 e. The second-order valence-electron chi connectivity index (χ2n) is 4.06. The Morgan fingerprint density at radius 3 is 2.58 bits per heavy atom. The fourth-order valence-corrected chi connectivity index (χ4v) is 2.95. The molecule has 2 aromatic rings. The van der Waals surface area contributed by atoms with Gasteiger partial charge in [0.1, 0.15) is 0 Å². The van der Waals surface area contributed by atoms with Gasteiger partial charge in [0.2, 0.25) is 0 Å². The molecule has 0 aromatic heterocycles. The molecule has 2 N–H and O–H groups in total. The average molecular weight is 298 g/mol. The Hall–Kier alpha value is -0.840. The van der Waals surface area contributed by atoms with Crippen molar-refractivity contribution in [2.45, 2.75) is 5.75 Å². The lowest BCUT2D eigenvalue weighted by Crippen LogP contribution is -1.95. The van der Waals surface area contributed by atoms with E-state index in [1.165, 1.54) is 16.3 Å². The molecule has 2 aromatic carbocycles. The number of hydrogen-bond donors (Lipinski definition) is 2. The summed E-state index contributed by atoms with van der Waals surface area (Å²) in [6, 6.07) is 14.4. The Labute approximate surface area is 116 Å². The fraction of sp³-hybridized carbons (Fsp3) is 0.231. The van der Waals surface area contributed by atoms with Crippen LogP contribution >= 0.6 is 19.6 Å². The minimum absolute atomic E-state index is 0.0581. The van der Waals surface area contributed by atoms with Gasteiger partial charge in [-0.3, -0.25) is 4.52 Å². The van der Waals surface area contributed by atoms with Crippen LogP contribution in [0.1, 0.15) is 5.56 Å². The standard InChI is InChI=1S/C13H15O4PS/c14-18(15,16)17-7-8-19-10-11-5-6-12-3-1-2-4-13(12)9-11/h1-6,9H,7-8,10H2,(H2,14,15,16). The Kier molecular flexibility index (Phi) is 5.02. The maximum absolute atomic E-state index is 10.5. The molecule has 0 aliphatic rings. The van der Waals surface area contributed by atoms with Crippen molar-refractivity contribution in [1.29, 1.82) is 0 Å². The molecular formula is C13H15O4PS. The highest BCUT2D eigenvalue weighted by molar-refractivity contribution is 7.98. The Morgan fingerprint density at radius 1 is 1.11 bits per heavy atom. The van der Waals surface area contributed by atoms with Gasteiger partial charge in [0.15, 0.2) is 0 Å². The highest BCUT2D eigenvalue weighted by Gasteiger charge is 2.12. The van der Waals surface area contributed by atoms with E-state index in [0.29, 0.717) is 5.75 Å². The van der Waals surface area contributed by atoms with Crippen LogP contribution in [0, 0.1) is 0 Å². The second-order valence-corrected chi connectivity index (χ2v) is 6.40. The minimum Gasteiger partial charge on any atom is -0.303 e. The molecule has 0 atom stereocenters. The maximum Gasteiger partial charge on any atom is 0.469 e. The summed E-state index contributed by atoms with van der Waals surface area (Å²) in [6.45, 7) is 0.0581. The Balaban J connectivity index is 1.83. The first kappa shape index (κ1) is 14.6. The van der Waals surface area contributed by atoms with Crippen molar-refractivity contribution in [1.82, 2.24) is 0 Å². The van der Waals surface area contributed by atoms with Gasteiger partial charge in [-0.05, 0) is 16.3 Å². The van der Waals surface area contributed by atoms with E-state index in [1.807, 2.05) is 12.1 Å². The van der Waals surface area contributed by atoms with Crippen LogP contribution in [0.3, 0.4) is 0 Å². The molecule has 6 heteroatoms. The van der Waals surface area contributed by atoms with Gasteiger partial charge in [-0.2, -0.15) is 11.8 Å². The van der Waals surface area contributed by atoms with Gasteiger partial charge in [-0.25, -0.2) is 4.57 Å². The first-order valence-corrected chi connectivity index (χ1v) is 8.49. The van der Waals surface area contributed by atoms with Gasteiger partial charge in [0, 0.05) is 11.5 Å². The molecule has 2 rings (SSSR count). The molecule has 0 aliphatic heterocycles. The number of hydrogen-bond acceptors (Lipinski definition) is 3. The van der Waals surface area contributed by atoms with Gasteiger partial charge in [-0.1, -0.05) is 42.5 Å². The second kappa shape index (κ2) is 6.55. The third-order valence-corrected chi connectivity index (χ3v) is 4.08. The molecule has 0 heterocycles. The quantitative estimate of drug-likeness (QED) is 0.633. The topological polar surface area (TPSA) is 66.8 Å². The number of phosphoric ester groups is 1. The molecule has 102 valence electrons. The lowest BCUT2D eigenvalue weighted by molar-refractivity contribution is 0.208. The number of phosphoric acid groups is 1. The van der Waals surface area contributed by atoms with E-state index >= 15 is 0 Å². The summed E-state index contributed by atoms with van der Waals surface area (Å²) in [5.41, 5.74) is 1.19. The van der Waals surface area contributed by atoms with Crippen molar-refractivity contribution in [2.24, 2.45) is 0 Å². The zero-order valence-electron chi connectivity index (χ0n) is 10.2. The first-order chi connectivity index (χ1) is 9.04. The van der Waals surface area contributed by atoms with Crippen LogP contribution in [-0.2, 0) is 14.8 Å². The van der Waals surface area contributed by atoms with E-state index in [2.05, 4.69) is 34.9 Å². The predicted molar refractivity (Wildman–Crippen MR) is 78.1 cm³/mol. The molecular weight excluding hydrogens is 283 g/mol. The third-order valence-electron chi connectivity index (χ3n) is 2.57. The van der Waals surface area contributed by atoms with Crippen molar-refractivity contribution in [2.75, 3.05) is 12.4 Å². The van der Waals surface area contributed by atoms with E-state index in [1.54, 1.807) is 11.8 Å². The summed E-state index contributed by atoms with van der Waals surface area (Å²) in [5.74, 6) is 1.35. The van der Waals surface area contributed by atoms with Gasteiger partial charge in [0.05, 0.1) is 6.61 Å². The van der Waals surface area contributed by atoms with Crippen molar-refractivity contribution in [3.8, 4) is 0 Å². The Bertz CT molecular complexity index is 596. The molecule has 0 saturated carbocycles. The number of thioether (sulfide) groups is 1. The summed E-state index contributed by atoms with van der Waals surface area (Å²) in [6.07, 6.45) is 0. The van der Waals surface area contributed by atoms with Crippen LogP contribution in [0.2, 0.25) is 0 Å². The van der Waals surface area contributed by atoms with Crippen molar-refractivity contribution in [3.05, 3.63) is 48.0 Å². The zero-order valence-corrected chi connectivity index (χ0v) is 11.9. The van der Waals surface area contributed by atoms with E-state index in [9.17, 15) is 4.57 Å². The van der Waals surface area contributed by atoms with E-state index < -0.39 is 7.82 Å². The first-order valence-electron chi connectivity index (χ1n) is 5.80. The monoisotopic (exact) mass is 298 g/mol. The molecule has 0 fully saturated rings. The number of rotatable bonds is 6. The summed E-state index contributed by atoms with van der Waals surface area (Å²) < 4.78 is 14.9. The zero-order chi connectivity index (χ0) is 13.7. The smallest absolute Gasteiger partial charge is 0.303 e. The van der Waals surface area contributed by atoms with Gasteiger partial charge >= 0.3 is 7.82 Å². The summed E-state index contributed by atoms with van der Waals surface area (Å²) in [7, 11) is -4.32. The minimum atomic E-state index is -4.32. The lowest BCUT2D eigenvalue weighted by atomic mass is 10.1. The Morgan fingerprint density at radius 2 is 1.84 bits per heavy atom. The molecule has 19 heavy (non-hydrogen) atoms. The SMILES string of the molecule is O=P(O)(O)OCCSCc1ccc2ccccc2c1. The number of fused-ring (bicyclic) bond motifs is 1. The molecule has 0 saturated heterocycles. The van der Waals surface area contributed by atoms with E-state index in [4.69, 9.17) is 9.79 Å². The van der Waals surface area contributed by atoms with Crippen LogP contribution in [0.25, 0.3) is 10.8 Å². The van der Waals surface area contributed by atoms with Crippen molar-refractivity contribution < 1.29 is 18.9 Å². The van der Waals surface area contributed by atoms with E-state index in [-0.39, 0.29) is 6.61 Å². The van der Waals surface area contributed by atoms with Crippen LogP contribution in [-0.4, -0.2) is 22.1 Å². The molecule has 0 bridgehead atoms. The molecule has 0 spiro atoms. The van der Waals surface area contributed by atoms with Crippen LogP contribution in [0.4, 0.5) is 0 Å². The highest BCUT2D eigenvalue weighted by Crippen LogP contribution is 2.35. The highest BCUT2D eigenvalue weighted by atomic mass is 32.2. The van der Waals surface area contributed by atoms with Crippen LogP contribution < -0.4 is 0 Å². The summed E-state index contributed by atoms with van der Waals surface area (Å²) in [5, 5.41) is 2.41. The van der Waals surface area contributed by atoms with Crippen molar-refractivity contribution >= 4 is 30.4 Å². The van der Waals surface area contributed by atoms with Gasteiger partial charge in [-0.15, -0.1) is 0 Å². The molecule has 0 amide bonds. The normalized spacial score (nSPS) is 11.9. The van der Waals surface area contributed by atoms with Crippen molar-refractivity contribution in [3.63, 3.8) is 0 Å². The third kappa shape index (κ3) is 4.97. The fourth-order valence-electron chi connectivity index (χ4n) is 1.73. The lowest BCUT2D eigenvalue weighted by Gasteiger charge is -2.06. The summed E-state index contributed by atoms with van der Waals surface area (Å²) >= 11 is 1.59.